The molecule has 0 radical (unpaired) electrons. The second-order valence-electron chi connectivity index (χ2n) is 3.47. The average molecular weight is 182 g/mol. The Morgan fingerprint density at radius 3 is 2.77 bits per heavy atom. The highest BCUT2D eigenvalue weighted by molar-refractivity contribution is 5.87. The molecule has 0 spiro atoms. The van der Waals surface area contributed by atoms with Crippen molar-refractivity contribution in [2.24, 2.45) is 0 Å². The van der Waals surface area contributed by atoms with Gasteiger partial charge in [0.15, 0.2) is 0 Å². The van der Waals surface area contributed by atoms with Crippen LogP contribution in [0.5, 0.6) is 0 Å². The van der Waals surface area contributed by atoms with Gasteiger partial charge in [-0.15, -0.1) is 0 Å². The Labute approximate surface area is 80.0 Å². The van der Waals surface area contributed by atoms with Crippen LogP contribution in [0.2, 0.25) is 0 Å². The maximum absolute atomic E-state index is 11.3. The van der Waals surface area contributed by atoms with Gasteiger partial charge in [-0.05, 0) is 19.5 Å². The molecule has 0 aromatic heterocycles. The standard InChI is InChI=1S/C10H18N2O/c1-4-10(13)12-7-6-11(5-2)9(3)8-12/h4,9H,1,5-8H2,2-3H3/t9-/m0/s1. The first-order valence-corrected chi connectivity index (χ1v) is 4.84. The van der Waals surface area contributed by atoms with E-state index in [1.54, 1.807) is 0 Å². The van der Waals surface area contributed by atoms with Gasteiger partial charge in [0.1, 0.15) is 0 Å². The Morgan fingerprint density at radius 2 is 2.31 bits per heavy atom. The summed E-state index contributed by atoms with van der Waals surface area (Å²) >= 11 is 0. The number of nitrogens with zero attached hydrogens (tertiary/aromatic N) is 2. The highest BCUT2D eigenvalue weighted by atomic mass is 16.2. The van der Waals surface area contributed by atoms with E-state index < -0.39 is 0 Å². The summed E-state index contributed by atoms with van der Waals surface area (Å²) in [5.74, 6) is 0.0580. The molecule has 0 N–H and O–H groups in total. The molecule has 0 bridgehead atoms. The minimum absolute atomic E-state index is 0.0580. The van der Waals surface area contributed by atoms with Gasteiger partial charge < -0.3 is 4.90 Å². The van der Waals surface area contributed by atoms with Crippen molar-refractivity contribution in [2.45, 2.75) is 19.9 Å². The summed E-state index contributed by atoms with van der Waals surface area (Å²) in [6, 6.07) is 0.475. The molecular formula is C10H18N2O. The maximum Gasteiger partial charge on any atom is 0.246 e. The second kappa shape index (κ2) is 4.42. The fourth-order valence-corrected chi connectivity index (χ4v) is 1.79. The van der Waals surface area contributed by atoms with Gasteiger partial charge in [-0.25, -0.2) is 0 Å². The zero-order chi connectivity index (χ0) is 9.84. The lowest BCUT2D eigenvalue weighted by molar-refractivity contribution is -0.128. The van der Waals surface area contributed by atoms with Crippen LogP contribution >= 0.6 is 0 Å². The van der Waals surface area contributed by atoms with Crippen molar-refractivity contribution in [1.29, 1.82) is 0 Å². The average Bonchev–Trinajstić information content (AvgIpc) is 2.16. The summed E-state index contributed by atoms with van der Waals surface area (Å²) in [4.78, 5) is 15.5. The summed E-state index contributed by atoms with van der Waals surface area (Å²) < 4.78 is 0. The van der Waals surface area contributed by atoms with Gasteiger partial charge >= 0.3 is 0 Å². The number of amides is 1. The largest absolute Gasteiger partial charge is 0.336 e. The Balaban J connectivity index is 2.50. The van der Waals surface area contributed by atoms with Gasteiger partial charge in [-0.1, -0.05) is 13.5 Å². The first-order chi connectivity index (χ1) is 6.19. The first kappa shape index (κ1) is 10.3. The molecule has 1 rings (SSSR count). The molecule has 1 aliphatic heterocycles. The quantitative estimate of drug-likeness (QED) is 0.588. The molecule has 1 amide bonds. The number of piperazine rings is 1. The van der Waals surface area contributed by atoms with E-state index in [1.807, 2.05) is 4.90 Å². The van der Waals surface area contributed by atoms with Crippen molar-refractivity contribution in [2.75, 3.05) is 26.2 Å². The molecule has 3 heteroatoms. The molecule has 0 unspecified atom stereocenters. The van der Waals surface area contributed by atoms with Crippen molar-refractivity contribution >= 4 is 5.91 Å². The molecular weight excluding hydrogens is 164 g/mol. The molecule has 0 saturated carbocycles. The van der Waals surface area contributed by atoms with Gasteiger partial charge in [0.2, 0.25) is 5.91 Å². The van der Waals surface area contributed by atoms with Crippen molar-refractivity contribution < 1.29 is 4.79 Å². The van der Waals surface area contributed by atoms with Gasteiger partial charge in [-0.3, -0.25) is 9.69 Å². The van der Waals surface area contributed by atoms with E-state index in [-0.39, 0.29) is 5.91 Å². The molecule has 0 aromatic carbocycles. The second-order valence-corrected chi connectivity index (χ2v) is 3.47. The minimum Gasteiger partial charge on any atom is -0.336 e. The number of carbonyl (C=O) groups excluding carboxylic acids is 1. The maximum atomic E-state index is 11.3. The predicted octanol–water partition coefficient (Wildman–Crippen LogP) is 0.725. The summed E-state index contributed by atoms with van der Waals surface area (Å²) in [6.07, 6.45) is 1.40. The zero-order valence-electron chi connectivity index (χ0n) is 8.49. The van der Waals surface area contributed by atoms with E-state index >= 15 is 0 Å². The molecule has 1 heterocycles. The Morgan fingerprint density at radius 1 is 1.62 bits per heavy atom. The molecule has 0 aliphatic carbocycles. The number of carbonyl (C=O) groups is 1. The topological polar surface area (TPSA) is 23.6 Å². The lowest BCUT2D eigenvalue weighted by atomic mass is 10.2. The summed E-state index contributed by atoms with van der Waals surface area (Å²) in [7, 11) is 0. The van der Waals surface area contributed by atoms with Crippen LogP contribution in [0.15, 0.2) is 12.7 Å². The fourth-order valence-electron chi connectivity index (χ4n) is 1.79. The number of rotatable bonds is 2. The highest BCUT2D eigenvalue weighted by Crippen LogP contribution is 2.08. The van der Waals surface area contributed by atoms with E-state index in [4.69, 9.17) is 0 Å². The molecule has 0 aromatic rings. The third-order valence-corrected chi connectivity index (χ3v) is 2.66. The summed E-state index contributed by atoms with van der Waals surface area (Å²) in [5.41, 5.74) is 0. The Kier molecular flexibility index (Phi) is 3.48. The van der Waals surface area contributed by atoms with Gasteiger partial charge in [0, 0.05) is 25.7 Å². The number of likely N-dealkylation sites (N-methyl/N-ethyl adjacent to an activating group) is 1. The molecule has 1 atom stereocenters. The fraction of sp³-hybridized carbons (Fsp3) is 0.700. The third kappa shape index (κ3) is 2.31. The molecule has 3 nitrogen and oxygen atoms in total. The van der Waals surface area contributed by atoms with Crippen molar-refractivity contribution in [3.63, 3.8) is 0 Å². The van der Waals surface area contributed by atoms with Crippen LogP contribution in [0.4, 0.5) is 0 Å². The van der Waals surface area contributed by atoms with Crippen LogP contribution < -0.4 is 0 Å². The van der Waals surface area contributed by atoms with Crippen LogP contribution in [0, 0.1) is 0 Å². The normalized spacial score (nSPS) is 24.5. The SMILES string of the molecule is C=CC(=O)N1CCN(CC)[C@@H](C)C1. The summed E-state index contributed by atoms with van der Waals surface area (Å²) in [5, 5.41) is 0. The zero-order valence-corrected chi connectivity index (χ0v) is 8.49. The van der Waals surface area contributed by atoms with Crippen LogP contribution in [0.25, 0.3) is 0 Å². The van der Waals surface area contributed by atoms with Crippen LogP contribution in [-0.4, -0.2) is 47.9 Å². The number of hydrogen-bond acceptors (Lipinski definition) is 2. The smallest absolute Gasteiger partial charge is 0.246 e. The predicted molar refractivity (Wildman–Crippen MR) is 53.5 cm³/mol. The molecule has 1 saturated heterocycles. The molecule has 1 fully saturated rings. The van der Waals surface area contributed by atoms with Crippen molar-refractivity contribution in [3.05, 3.63) is 12.7 Å². The lowest BCUT2D eigenvalue weighted by Crippen LogP contribution is -2.53. The number of hydrogen-bond donors (Lipinski definition) is 0. The van der Waals surface area contributed by atoms with Crippen LogP contribution in [0.3, 0.4) is 0 Å². The van der Waals surface area contributed by atoms with Crippen LogP contribution in [0.1, 0.15) is 13.8 Å². The van der Waals surface area contributed by atoms with E-state index in [1.165, 1.54) is 6.08 Å². The van der Waals surface area contributed by atoms with Crippen LogP contribution in [-0.2, 0) is 4.79 Å². The van der Waals surface area contributed by atoms with Crippen molar-refractivity contribution in [3.8, 4) is 0 Å². The minimum atomic E-state index is 0.0580. The lowest BCUT2D eigenvalue weighted by Gasteiger charge is -2.38. The van der Waals surface area contributed by atoms with E-state index in [0.717, 1.165) is 26.2 Å². The van der Waals surface area contributed by atoms with E-state index in [0.29, 0.717) is 6.04 Å². The van der Waals surface area contributed by atoms with E-state index in [2.05, 4.69) is 25.3 Å². The monoisotopic (exact) mass is 182 g/mol. The Hall–Kier alpha value is -0.830. The highest BCUT2D eigenvalue weighted by Gasteiger charge is 2.23. The molecule has 1 aliphatic rings. The molecule has 13 heavy (non-hydrogen) atoms. The van der Waals surface area contributed by atoms with Gasteiger partial charge in [0.05, 0.1) is 0 Å². The van der Waals surface area contributed by atoms with E-state index in [9.17, 15) is 4.79 Å². The summed E-state index contributed by atoms with van der Waals surface area (Å²) in [6.45, 7) is 11.5. The molecule has 74 valence electrons. The van der Waals surface area contributed by atoms with Gasteiger partial charge in [0.25, 0.3) is 0 Å². The third-order valence-electron chi connectivity index (χ3n) is 2.66. The Bertz CT molecular complexity index is 203. The van der Waals surface area contributed by atoms with Gasteiger partial charge in [-0.2, -0.15) is 0 Å². The van der Waals surface area contributed by atoms with Crippen molar-refractivity contribution in [1.82, 2.24) is 9.80 Å². The first-order valence-electron chi connectivity index (χ1n) is 4.84.